The minimum absolute atomic E-state index is 0. The molecule has 68 valence electrons. The van der Waals surface area contributed by atoms with E-state index in [1.165, 1.54) is 18.4 Å². The van der Waals surface area contributed by atoms with Gasteiger partial charge in [0.05, 0.1) is 18.4 Å². The molecule has 0 unspecified atom stereocenters. The van der Waals surface area contributed by atoms with Gasteiger partial charge in [0.15, 0.2) is 0 Å². The largest absolute Gasteiger partial charge is 0.465 e. The number of ether oxygens (including phenoxy) is 1. The van der Waals surface area contributed by atoms with E-state index < -0.39 is 5.97 Å². The van der Waals surface area contributed by atoms with Crippen LogP contribution < -0.4 is 5.73 Å². The van der Waals surface area contributed by atoms with Crippen LogP contribution >= 0.6 is 35.3 Å². The van der Waals surface area contributed by atoms with Gasteiger partial charge in [-0.3, -0.25) is 0 Å². The van der Waals surface area contributed by atoms with Gasteiger partial charge >= 0.3 is 5.97 Å². The predicted octanol–water partition coefficient (Wildman–Crippen LogP) is 2.19. The monoisotopic (exact) mass is 227 g/mol. The molecule has 6 heteroatoms. The number of carbonyl (C=O) groups is 1. The van der Waals surface area contributed by atoms with Gasteiger partial charge in [0.1, 0.15) is 4.34 Å². The zero-order valence-corrected chi connectivity index (χ0v) is 8.55. The molecule has 1 aromatic heterocycles. The molecule has 0 saturated heterocycles. The van der Waals surface area contributed by atoms with E-state index in [2.05, 4.69) is 4.74 Å². The van der Waals surface area contributed by atoms with Crippen molar-refractivity contribution < 1.29 is 9.53 Å². The molecular formula is C6H7Cl2NO2S. The van der Waals surface area contributed by atoms with Gasteiger partial charge in [-0.1, -0.05) is 11.6 Å². The van der Waals surface area contributed by atoms with Crippen molar-refractivity contribution in [3.05, 3.63) is 15.3 Å². The standard InChI is InChI=1S/C6H6ClNO2S.ClH/c1-10-6(9)3-2-11-5(7)4(3)8;/h2H,8H2,1H3;1H. The van der Waals surface area contributed by atoms with E-state index in [9.17, 15) is 4.79 Å². The van der Waals surface area contributed by atoms with Crippen molar-refractivity contribution in [1.29, 1.82) is 0 Å². The molecule has 0 aliphatic carbocycles. The van der Waals surface area contributed by atoms with Crippen LogP contribution in [0.1, 0.15) is 10.4 Å². The summed E-state index contributed by atoms with van der Waals surface area (Å²) in [5, 5.41) is 1.57. The quantitative estimate of drug-likeness (QED) is 0.749. The van der Waals surface area contributed by atoms with Gasteiger partial charge in [0.2, 0.25) is 0 Å². The lowest BCUT2D eigenvalue weighted by Gasteiger charge is -1.95. The maximum atomic E-state index is 10.9. The second-order valence-corrected chi connectivity index (χ2v) is 3.31. The highest BCUT2D eigenvalue weighted by molar-refractivity contribution is 7.15. The lowest BCUT2D eigenvalue weighted by atomic mass is 10.3. The Kier molecular flexibility index (Phi) is 4.37. The molecule has 0 spiro atoms. The summed E-state index contributed by atoms with van der Waals surface area (Å²) >= 11 is 6.83. The zero-order chi connectivity index (χ0) is 8.43. The lowest BCUT2D eigenvalue weighted by Crippen LogP contribution is -2.02. The molecule has 0 radical (unpaired) electrons. The van der Waals surface area contributed by atoms with E-state index in [0.29, 0.717) is 15.6 Å². The van der Waals surface area contributed by atoms with E-state index in [-0.39, 0.29) is 12.4 Å². The van der Waals surface area contributed by atoms with Crippen LogP contribution in [0.5, 0.6) is 0 Å². The third-order valence-electron chi connectivity index (χ3n) is 1.19. The number of anilines is 1. The Morgan fingerprint density at radius 3 is 2.67 bits per heavy atom. The fourth-order valence-electron chi connectivity index (χ4n) is 0.612. The van der Waals surface area contributed by atoms with Crippen molar-refractivity contribution >= 4 is 47.0 Å². The van der Waals surface area contributed by atoms with Crippen molar-refractivity contribution in [3.8, 4) is 0 Å². The van der Waals surface area contributed by atoms with Gasteiger partial charge in [0.25, 0.3) is 0 Å². The Morgan fingerprint density at radius 1 is 1.75 bits per heavy atom. The molecule has 12 heavy (non-hydrogen) atoms. The molecule has 3 nitrogen and oxygen atoms in total. The van der Waals surface area contributed by atoms with Gasteiger partial charge in [-0.15, -0.1) is 23.7 Å². The van der Waals surface area contributed by atoms with E-state index >= 15 is 0 Å². The Labute approximate surface area is 84.9 Å². The van der Waals surface area contributed by atoms with E-state index in [4.69, 9.17) is 17.3 Å². The molecule has 0 aliphatic heterocycles. The molecular weight excluding hydrogens is 221 g/mol. The third-order valence-corrected chi connectivity index (χ3v) is 2.44. The molecule has 0 fully saturated rings. The summed E-state index contributed by atoms with van der Waals surface area (Å²) < 4.78 is 4.88. The highest BCUT2D eigenvalue weighted by Gasteiger charge is 2.13. The number of hydrogen-bond donors (Lipinski definition) is 1. The Bertz CT molecular complexity index is 287. The number of rotatable bonds is 1. The first kappa shape index (κ1) is 11.6. The number of thiophene rings is 1. The molecule has 0 amide bonds. The minimum Gasteiger partial charge on any atom is -0.465 e. The number of nitrogen functional groups attached to an aromatic ring is 1. The van der Waals surface area contributed by atoms with E-state index in [1.807, 2.05) is 0 Å². The molecule has 2 N–H and O–H groups in total. The molecule has 0 bridgehead atoms. The maximum absolute atomic E-state index is 10.9. The lowest BCUT2D eigenvalue weighted by molar-refractivity contribution is 0.0602. The SMILES string of the molecule is COC(=O)c1csc(Cl)c1N.Cl. The molecule has 0 aliphatic rings. The summed E-state index contributed by atoms with van der Waals surface area (Å²) in [6, 6.07) is 0. The molecule has 1 heterocycles. The van der Waals surface area contributed by atoms with Crippen LogP contribution in [-0.4, -0.2) is 13.1 Å². The highest BCUT2D eigenvalue weighted by Crippen LogP contribution is 2.30. The smallest absolute Gasteiger partial charge is 0.340 e. The summed E-state index contributed by atoms with van der Waals surface area (Å²) in [5.74, 6) is -0.453. The normalized spacial score (nSPS) is 8.83. The van der Waals surface area contributed by atoms with E-state index in [0.717, 1.165) is 0 Å². The second-order valence-electron chi connectivity index (χ2n) is 1.83. The summed E-state index contributed by atoms with van der Waals surface area (Å²) in [7, 11) is 1.30. The Morgan fingerprint density at radius 2 is 2.33 bits per heavy atom. The number of esters is 1. The minimum atomic E-state index is -0.453. The van der Waals surface area contributed by atoms with Gasteiger partial charge in [-0.05, 0) is 0 Å². The first-order chi connectivity index (χ1) is 5.16. The number of methoxy groups -OCH3 is 1. The van der Waals surface area contributed by atoms with Crippen LogP contribution in [0.25, 0.3) is 0 Å². The topological polar surface area (TPSA) is 52.3 Å². The number of carbonyl (C=O) groups excluding carboxylic acids is 1. The summed E-state index contributed by atoms with van der Waals surface area (Å²) in [5.41, 5.74) is 6.09. The average Bonchev–Trinajstić information content (AvgIpc) is 2.32. The highest BCUT2D eigenvalue weighted by atomic mass is 35.5. The van der Waals surface area contributed by atoms with E-state index in [1.54, 1.807) is 5.38 Å². The zero-order valence-electron chi connectivity index (χ0n) is 6.17. The Hall–Kier alpha value is -0.450. The fraction of sp³-hybridized carbons (Fsp3) is 0.167. The van der Waals surface area contributed by atoms with Crippen LogP contribution in [0.4, 0.5) is 5.69 Å². The fourth-order valence-corrected chi connectivity index (χ4v) is 1.53. The molecule has 0 aromatic carbocycles. The maximum Gasteiger partial charge on any atom is 0.340 e. The summed E-state index contributed by atoms with van der Waals surface area (Å²) in [6.07, 6.45) is 0. The van der Waals surface area contributed by atoms with Crippen LogP contribution in [0.15, 0.2) is 5.38 Å². The van der Waals surface area contributed by atoms with Crippen molar-refractivity contribution in [2.45, 2.75) is 0 Å². The molecule has 1 rings (SSSR count). The van der Waals surface area contributed by atoms with Gasteiger partial charge in [-0.25, -0.2) is 4.79 Å². The third kappa shape index (κ3) is 2.03. The Balaban J connectivity index is 0.00000121. The molecule has 1 aromatic rings. The average molecular weight is 228 g/mol. The number of halogens is 2. The first-order valence-electron chi connectivity index (χ1n) is 2.77. The van der Waals surface area contributed by atoms with Crippen LogP contribution in [-0.2, 0) is 4.74 Å². The predicted molar refractivity (Wildman–Crippen MR) is 52.3 cm³/mol. The van der Waals surface area contributed by atoms with Crippen LogP contribution in [0.3, 0.4) is 0 Å². The van der Waals surface area contributed by atoms with Gasteiger partial charge in [-0.2, -0.15) is 0 Å². The van der Waals surface area contributed by atoms with Crippen molar-refractivity contribution in [2.75, 3.05) is 12.8 Å². The first-order valence-corrected chi connectivity index (χ1v) is 4.03. The van der Waals surface area contributed by atoms with Crippen LogP contribution in [0, 0.1) is 0 Å². The molecule has 0 saturated carbocycles. The summed E-state index contributed by atoms with van der Waals surface area (Å²) in [4.78, 5) is 10.9. The molecule has 0 atom stereocenters. The summed E-state index contributed by atoms with van der Waals surface area (Å²) in [6.45, 7) is 0. The number of hydrogen-bond acceptors (Lipinski definition) is 4. The van der Waals surface area contributed by atoms with Crippen molar-refractivity contribution in [1.82, 2.24) is 0 Å². The van der Waals surface area contributed by atoms with Gasteiger partial charge < -0.3 is 10.5 Å². The second kappa shape index (κ2) is 4.54. The van der Waals surface area contributed by atoms with Crippen molar-refractivity contribution in [2.24, 2.45) is 0 Å². The van der Waals surface area contributed by atoms with Crippen molar-refractivity contribution in [3.63, 3.8) is 0 Å². The number of nitrogens with two attached hydrogens (primary N) is 1. The van der Waals surface area contributed by atoms with Gasteiger partial charge in [0, 0.05) is 5.38 Å². The van der Waals surface area contributed by atoms with Crippen LogP contribution in [0.2, 0.25) is 4.34 Å².